The van der Waals surface area contributed by atoms with Crippen LogP contribution in [0.2, 0.25) is 0 Å². The fraction of sp³-hybridized carbons (Fsp3) is 0.222. The normalized spacial score (nSPS) is 8.17. The maximum Gasteiger partial charge on any atom is 0.248 e. The van der Waals surface area contributed by atoms with Crippen molar-refractivity contribution >= 4 is 17.5 Å². The number of benzene rings is 1. The highest BCUT2D eigenvalue weighted by Gasteiger charge is 1.93. The highest BCUT2D eigenvalue weighted by molar-refractivity contribution is 6.17. The quantitative estimate of drug-likeness (QED) is 0.669. The van der Waals surface area contributed by atoms with Crippen LogP contribution in [-0.4, -0.2) is 11.8 Å². The molecule has 0 aliphatic rings. The van der Waals surface area contributed by atoms with E-state index in [4.69, 9.17) is 17.3 Å². The van der Waals surface area contributed by atoms with E-state index in [1.807, 2.05) is 13.0 Å². The third-order valence-corrected chi connectivity index (χ3v) is 1.06. The SMILES string of the molecule is CCCl.NC(=O)c1ccccc1. The van der Waals surface area contributed by atoms with Crippen molar-refractivity contribution in [3.63, 3.8) is 0 Å². The van der Waals surface area contributed by atoms with Crippen LogP contribution < -0.4 is 5.73 Å². The van der Waals surface area contributed by atoms with Crippen molar-refractivity contribution < 1.29 is 4.79 Å². The van der Waals surface area contributed by atoms with Crippen LogP contribution >= 0.6 is 11.6 Å². The maximum atomic E-state index is 10.4. The van der Waals surface area contributed by atoms with Crippen LogP contribution in [0.25, 0.3) is 0 Å². The highest BCUT2D eigenvalue weighted by atomic mass is 35.5. The number of halogens is 1. The second-order valence-electron chi connectivity index (χ2n) is 2.00. The second-order valence-corrected chi connectivity index (χ2v) is 2.53. The summed E-state index contributed by atoms with van der Waals surface area (Å²) in [7, 11) is 0. The average molecular weight is 186 g/mol. The molecule has 0 spiro atoms. The zero-order chi connectivity index (χ0) is 9.40. The summed E-state index contributed by atoms with van der Waals surface area (Å²) in [4.78, 5) is 10.4. The number of nitrogens with two attached hydrogens (primary N) is 1. The molecule has 0 aliphatic carbocycles. The Kier molecular flexibility index (Phi) is 6.11. The smallest absolute Gasteiger partial charge is 0.248 e. The van der Waals surface area contributed by atoms with Gasteiger partial charge in [0, 0.05) is 11.4 Å². The van der Waals surface area contributed by atoms with Gasteiger partial charge in [-0.1, -0.05) is 25.1 Å². The van der Waals surface area contributed by atoms with Gasteiger partial charge in [0.1, 0.15) is 0 Å². The summed E-state index contributed by atoms with van der Waals surface area (Å²) in [6.07, 6.45) is 0. The Morgan fingerprint density at radius 2 is 1.83 bits per heavy atom. The van der Waals surface area contributed by atoms with Gasteiger partial charge in [0.25, 0.3) is 0 Å². The number of hydrogen-bond acceptors (Lipinski definition) is 1. The molecule has 0 aromatic heterocycles. The molecule has 0 radical (unpaired) electrons. The molecule has 0 saturated heterocycles. The van der Waals surface area contributed by atoms with E-state index < -0.39 is 0 Å². The molecule has 12 heavy (non-hydrogen) atoms. The first-order chi connectivity index (χ1) is 5.72. The first kappa shape index (κ1) is 11.0. The minimum absolute atomic E-state index is 0.379. The van der Waals surface area contributed by atoms with Crippen LogP contribution in [0.15, 0.2) is 30.3 Å². The number of primary amides is 1. The molecular weight excluding hydrogens is 174 g/mol. The minimum Gasteiger partial charge on any atom is -0.366 e. The number of amides is 1. The minimum atomic E-state index is -0.379. The van der Waals surface area contributed by atoms with E-state index in [9.17, 15) is 4.79 Å². The Morgan fingerprint density at radius 3 is 2.08 bits per heavy atom. The summed E-state index contributed by atoms with van der Waals surface area (Å²) in [5, 5.41) is 0. The van der Waals surface area contributed by atoms with Gasteiger partial charge in [-0.2, -0.15) is 0 Å². The van der Waals surface area contributed by atoms with Crippen molar-refractivity contribution in [3.05, 3.63) is 35.9 Å². The zero-order valence-electron chi connectivity index (χ0n) is 6.96. The monoisotopic (exact) mass is 185 g/mol. The van der Waals surface area contributed by atoms with Crippen molar-refractivity contribution in [2.75, 3.05) is 5.88 Å². The summed E-state index contributed by atoms with van der Waals surface area (Å²) in [5.41, 5.74) is 5.53. The fourth-order valence-electron chi connectivity index (χ4n) is 0.602. The Morgan fingerprint density at radius 1 is 1.42 bits per heavy atom. The number of alkyl halides is 1. The molecule has 66 valence electrons. The van der Waals surface area contributed by atoms with Crippen LogP contribution in [0.5, 0.6) is 0 Å². The van der Waals surface area contributed by atoms with Gasteiger partial charge < -0.3 is 5.73 Å². The maximum absolute atomic E-state index is 10.4. The Balaban J connectivity index is 0.000000354. The van der Waals surface area contributed by atoms with Crippen LogP contribution in [0.1, 0.15) is 17.3 Å². The lowest BCUT2D eigenvalue weighted by Gasteiger charge is -1.89. The molecule has 0 unspecified atom stereocenters. The molecule has 1 amide bonds. The van der Waals surface area contributed by atoms with E-state index in [1.165, 1.54) is 0 Å². The predicted octanol–water partition coefficient (Wildman–Crippen LogP) is 2.03. The molecule has 0 aliphatic heterocycles. The van der Waals surface area contributed by atoms with Crippen molar-refractivity contribution in [1.82, 2.24) is 0 Å². The molecule has 0 heterocycles. The summed E-state index contributed by atoms with van der Waals surface area (Å²) < 4.78 is 0. The zero-order valence-corrected chi connectivity index (χ0v) is 7.71. The lowest BCUT2D eigenvalue weighted by Crippen LogP contribution is -2.09. The third-order valence-electron chi connectivity index (χ3n) is 1.06. The number of carbonyl (C=O) groups excluding carboxylic acids is 1. The molecule has 1 rings (SSSR count). The van der Waals surface area contributed by atoms with Gasteiger partial charge in [0.2, 0.25) is 5.91 Å². The van der Waals surface area contributed by atoms with Gasteiger partial charge in [-0.3, -0.25) is 4.79 Å². The van der Waals surface area contributed by atoms with Crippen LogP contribution in [0, 0.1) is 0 Å². The number of carbonyl (C=O) groups is 1. The molecule has 1 aromatic carbocycles. The summed E-state index contributed by atoms with van der Waals surface area (Å²) in [6.45, 7) is 1.89. The summed E-state index contributed by atoms with van der Waals surface area (Å²) in [5.74, 6) is 0.343. The molecule has 2 N–H and O–H groups in total. The third kappa shape index (κ3) is 4.74. The Hall–Kier alpha value is -1.02. The fourth-order valence-corrected chi connectivity index (χ4v) is 0.602. The summed E-state index contributed by atoms with van der Waals surface area (Å²) in [6, 6.07) is 8.76. The van der Waals surface area contributed by atoms with Crippen LogP contribution in [0.4, 0.5) is 0 Å². The Labute approximate surface area is 77.3 Å². The van der Waals surface area contributed by atoms with Gasteiger partial charge in [-0.05, 0) is 12.1 Å². The highest BCUT2D eigenvalue weighted by Crippen LogP contribution is 1.94. The van der Waals surface area contributed by atoms with Crippen molar-refractivity contribution in [1.29, 1.82) is 0 Å². The van der Waals surface area contributed by atoms with Crippen molar-refractivity contribution in [2.45, 2.75) is 6.92 Å². The lowest BCUT2D eigenvalue weighted by atomic mass is 10.2. The van der Waals surface area contributed by atoms with E-state index in [1.54, 1.807) is 24.3 Å². The molecule has 0 saturated carbocycles. The molecule has 0 atom stereocenters. The summed E-state index contributed by atoms with van der Waals surface area (Å²) >= 11 is 5.00. The molecule has 0 bridgehead atoms. The van der Waals surface area contributed by atoms with Gasteiger partial charge in [-0.25, -0.2) is 0 Å². The van der Waals surface area contributed by atoms with Crippen molar-refractivity contribution in [3.8, 4) is 0 Å². The predicted molar refractivity (Wildman–Crippen MR) is 51.4 cm³/mol. The van der Waals surface area contributed by atoms with Gasteiger partial charge in [0.15, 0.2) is 0 Å². The van der Waals surface area contributed by atoms with E-state index >= 15 is 0 Å². The van der Waals surface area contributed by atoms with E-state index in [2.05, 4.69) is 0 Å². The average Bonchev–Trinajstić information content (AvgIpc) is 2.07. The molecule has 1 aromatic rings. The van der Waals surface area contributed by atoms with E-state index in [0.717, 1.165) is 5.88 Å². The number of hydrogen-bond donors (Lipinski definition) is 1. The standard InChI is InChI=1S/C7H7NO.C2H5Cl/c8-7(9)6-4-2-1-3-5-6;1-2-3/h1-5H,(H2,8,9);2H2,1H3. The van der Waals surface area contributed by atoms with E-state index in [0.29, 0.717) is 5.56 Å². The topological polar surface area (TPSA) is 43.1 Å². The molecule has 2 nitrogen and oxygen atoms in total. The molecular formula is C9H12ClNO. The van der Waals surface area contributed by atoms with Crippen LogP contribution in [-0.2, 0) is 0 Å². The van der Waals surface area contributed by atoms with Crippen LogP contribution in [0.3, 0.4) is 0 Å². The first-order valence-corrected chi connectivity index (χ1v) is 4.16. The Bertz CT molecular complexity index is 223. The van der Waals surface area contributed by atoms with Crippen molar-refractivity contribution in [2.24, 2.45) is 5.73 Å². The second kappa shape index (κ2) is 6.68. The lowest BCUT2D eigenvalue weighted by molar-refractivity contribution is 0.100. The largest absolute Gasteiger partial charge is 0.366 e. The number of rotatable bonds is 1. The first-order valence-electron chi connectivity index (χ1n) is 3.63. The molecule has 0 fully saturated rings. The van der Waals surface area contributed by atoms with E-state index in [-0.39, 0.29) is 5.91 Å². The van der Waals surface area contributed by atoms with Gasteiger partial charge in [-0.15, -0.1) is 11.6 Å². The molecule has 3 heteroatoms. The van der Waals surface area contributed by atoms with Gasteiger partial charge in [0.05, 0.1) is 0 Å². The van der Waals surface area contributed by atoms with Gasteiger partial charge >= 0.3 is 0 Å².